The number of nitrogens with one attached hydrogen (secondary N) is 2. The van der Waals surface area contributed by atoms with Crippen molar-refractivity contribution >= 4 is 28.8 Å². The van der Waals surface area contributed by atoms with E-state index >= 15 is 0 Å². The highest BCUT2D eigenvalue weighted by Crippen LogP contribution is 2.30. The lowest BCUT2D eigenvalue weighted by molar-refractivity contribution is -0.134. The van der Waals surface area contributed by atoms with Gasteiger partial charge in [0.25, 0.3) is 0 Å². The van der Waals surface area contributed by atoms with E-state index in [1.54, 1.807) is 11.3 Å². The highest BCUT2D eigenvalue weighted by molar-refractivity contribution is 7.10. The molecule has 1 fully saturated rings. The van der Waals surface area contributed by atoms with Gasteiger partial charge in [-0.2, -0.15) is 0 Å². The summed E-state index contributed by atoms with van der Waals surface area (Å²) in [5, 5.41) is 9.31. The Morgan fingerprint density at radius 3 is 2.50 bits per heavy atom. The van der Waals surface area contributed by atoms with Crippen LogP contribution in [-0.2, 0) is 11.2 Å². The van der Waals surface area contributed by atoms with Crippen molar-refractivity contribution in [2.45, 2.75) is 19.4 Å². The lowest BCUT2D eigenvalue weighted by Gasteiger charge is -2.41. The predicted octanol–water partition coefficient (Wildman–Crippen LogP) is 3.26. The predicted molar refractivity (Wildman–Crippen MR) is 109 cm³/mol. The maximum Gasteiger partial charge on any atom is 0.229 e. The van der Waals surface area contributed by atoms with Crippen LogP contribution in [0.25, 0.3) is 0 Å². The molecule has 1 saturated heterocycles. The number of carbonyl (C=O) groups excluding carboxylic acids is 1. The molecule has 140 valence electrons. The number of likely N-dealkylation sites (N-methyl/N-ethyl adjacent to an activating group) is 1. The first-order valence-corrected chi connectivity index (χ1v) is 10.1. The molecule has 1 unspecified atom stereocenters. The van der Waals surface area contributed by atoms with Gasteiger partial charge in [0.2, 0.25) is 5.91 Å². The van der Waals surface area contributed by atoms with Crippen molar-refractivity contribution < 1.29 is 4.79 Å². The molecule has 2 heterocycles. The van der Waals surface area contributed by atoms with Crippen LogP contribution < -0.4 is 10.6 Å². The summed E-state index contributed by atoms with van der Waals surface area (Å²) in [7, 11) is 4.12. The van der Waals surface area contributed by atoms with Gasteiger partial charge in [-0.25, -0.2) is 0 Å². The van der Waals surface area contributed by atoms with Crippen LogP contribution in [0.5, 0.6) is 0 Å². The first-order valence-electron chi connectivity index (χ1n) is 8.85. The van der Waals surface area contributed by atoms with Crippen molar-refractivity contribution in [3.63, 3.8) is 0 Å². The van der Waals surface area contributed by atoms with E-state index in [4.69, 9.17) is 11.6 Å². The molecule has 4 nitrogen and oxygen atoms in total. The third-order valence-corrected chi connectivity index (χ3v) is 6.52. The number of benzene rings is 1. The summed E-state index contributed by atoms with van der Waals surface area (Å²) >= 11 is 7.72. The molecular formula is C20H26ClN3OS. The molecule has 1 amide bonds. The average molecular weight is 392 g/mol. The number of amides is 1. The number of thiophene rings is 1. The number of hydrogen-bond acceptors (Lipinski definition) is 4. The van der Waals surface area contributed by atoms with E-state index in [0.29, 0.717) is 19.6 Å². The fourth-order valence-corrected chi connectivity index (χ4v) is 4.65. The molecular weight excluding hydrogens is 366 g/mol. The third kappa shape index (κ3) is 4.12. The Morgan fingerprint density at radius 2 is 2.00 bits per heavy atom. The van der Waals surface area contributed by atoms with Crippen molar-refractivity contribution in [3.05, 3.63) is 56.7 Å². The number of halogens is 1. The molecule has 1 aromatic carbocycles. The summed E-state index contributed by atoms with van der Waals surface area (Å²) in [6, 6.07) is 10.1. The molecule has 1 aliphatic rings. The van der Waals surface area contributed by atoms with Crippen molar-refractivity contribution in [1.82, 2.24) is 15.5 Å². The molecule has 0 bridgehead atoms. The number of carbonyl (C=O) groups is 1. The summed E-state index contributed by atoms with van der Waals surface area (Å²) in [5.41, 5.74) is 2.06. The normalized spacial score (nSPS) is 17.0. The Bertz CT molecular complexity index is 753. The number of rotatable bonds is 7. The van der Waals surface area contributed by atoms with Crippen molar-refractivity contribution in [2.24, 2.45) is 5.41 Å². The van der Waals surface area contributed by atoms with Crippen molar-refractivity contribution in [3.8, 4) is 0 Å². The summed E-state index contributed by atoms with van der Waals surface area (Å²) < 4.78 is 0. The standard InChI is InChI=1S/C20H26ClN3OS/c1-14-8-9-26-18(14)17(24(2)3)11-23-19(25)20(12-22-13-20)10-15-4-6-16(21)7-5-15/h4-9,17,22H,10-13H2,1-3H3,(H,23,25). The molecule has 0 spiro atoms. The molecule has 6 heteroatoms. The summed E-state index contributed by atoms with van der Waals surface area (Å²) in [6.07, 6.45) is 0.730. The van der Waals surface area contributed by atoms with Crippen molar-refractivity contribution in [1.29, 1.82) is 0 Å². The molecule has 0 radical (unpaired) electrons. The summed E-state index contributed by atoms with van der Waals surface area (Å²) in [5.74, 6) is 0.132. The van der Waals surface area contributed by atoms with Gasteiger partial charge in [0.05, 0.1) is 11.5 Å². The Labute approximate surface area is 164 Å². The lowest BCUT2D eigenvalue weighted by Crippen LogP contribution is -2.63. The highest BCUT2D eigenvalue weighted by atomic mass is 35.5. The molecule has 2 aromatic rings. The van der Waals surface area contributed by atoms with Crippen LogP contribution in [0, 0.1) is 12.3 Å². The van der Waals surface area contributed by atoms with Gasteiger partial charge in [-0.15, -0.1) is 11.3 Å². The van der Waals surface area contributed by atoms with Crippen LogP contribution in [-0.4, -0.2) is 44.5 Å². The van der Waals surface area contributed by atoms with E-state index in [-0.39, 0.29) is 17.4 Å². The summed E-state index contributed by atoms with van der Waals surface area (Å²) in [6.45, 7) is 4.18. The van der Waals surface area contributed by atoms with Gasteiger partial charge in [-0.1, -0.05) is 23.7 Å². The zero-order valence-corrected chi connectivity index (χ0v) is 17.1. The van der Waals surface area contributed by atoms with Crippen molar-refractivity contribution in [2.75, 3.05) is 33.7 Å². The maximum absolute atomic E-state index is 13.0. The first kappa shape index (κ1) is 19.4. The van der Waals surface area contributed by atoms with Gasteiger partial charge < -0.3 is 15.5 Å². The van der Waals surface area contributed by atoms with Crippen LogP contribution in [0.1, 0.15) is 22.0 Å². The van der Waals surface area contributed by atoms with E-state index in [1.165, 1.54) is 10.4 Å². The van der Waals surface area contributed by atoms with Gasteiger partial charge >= 0.3 is 0 Å². The Balaban J connectivity index is 1.67. The zero-order chi connectivity index (χ0) is 18.7. The van der Waals surface area contributed by atoms with Gasteiger partial charge in [0.1, 0.15) is 0 Å². The topological polar surface area (TPSA) is 44.4 Å². The Hall–Kier alpha value is -1.40. The average Bonchev–Trinajstić information content (AvgIpc) is 2.98. The first-order chi connectivity index (χ1) is 12.4. The molecule has 1 atom stereocenters. The SMILES string of the molecule is Cc1ccsc1C(CNC(=O)C1(Cc2ccc(Cl)cc2)CNC1)N(C)C. The fourth-order valence-electron chi connectivity index (χ4n) is 3.40. The number of aryl methyl sites for hydroxylation is 1. The second kappa shape index (κ2) is 8.09. The smallest absolute Gasteiger partial charge is 0.229 e. The second-order valence-corrected chi connectivity index (χ2v) is 8.73. The molecule has 26 heavy (non-hydrogen) atoms. The quantitative estimate of drug-likeness (QED) is 0.761. The van der Waals surface area contributed by atoms with Gasteiger partial charge in [0, 0.05) is 29.5 Å². The van der Waals surface area contributed by atoms with Crippen LogP contribution in [0.2, 0.25) is 5.02 Å². The fraction of sp³-hybridized carbons (Fsp3) is 0.450. The zero-order valence-electron chi connectivity index (χ0n) is 15.5. The van der Waals surface area contributed by atoms with Crippen LogP contribution in [0.15, 0.2) is 35.7 Å². The maximum atomic E-state index is 13.0. The van der Waals surface area contributed by atoms with Gasteiger partial charge in [-0.3, -0.25) is 4.79 Å². The Morgan fingerprint density at radius 1 is 1.31 bits per heavy atom. The highest BCUT2D eigenvalue weighted by Gasteiger charge is 2.44. The molecule has 2 N–H and O–H groups in total. The molecule has 1 aliphatic heterocycles. The largest absolute Gasteiger partial charge is 0.354 e. The minimum absolute atomic E-state index is 0.132. The lowest BCUT2D eigenvalue weighted by atomic mass is 9.75. The molecule has 3 rings (SSSR count). The monoisotopic (exact) mass is 391 g/mol. The molecule has 0 saturated carbocycles. The minimum Gasteiger partial charge on any atom is -0.354 e. The van der Waals surface area contributed by atoms with Gasteiger partial charge in [-0.05, 0) is 62.1 Å². The van der Waals surface area contributed by atoms with Crippen LogP contribution >= 0.6 is 22.9 Å². The molecule has 0 aliphatic carbocycles. The van der Waals surface area contributed by atoms with Crippen LogP contribution in [0.3, 0.4) is 0 Å². The minimum atomic E-state index is -0.366. The van der Waals surface area contributed by atoms with E-state index in [2.05, 4.69) is 48.0 Å². The van der Waals surface area contributed by atoms with Gasteiger partial charge in [0.15, 0.2) is 0 Å². The van der Waals surface area contributed by atoms with E-state index in [0.717, 1.165) is 17.0 Å². The van der Waals surface area contributed by atoms with E-state index in [9.17, 15) is 4.79 Å². The molecule has 1 aromatic heterocycles. The van der Waals surface area contributed by atoms with Crippen LogP contribution in [0.4, 0.5) is 0 Å². The second-order valence-electron chi connectivity index (χ2n) is 7.34. The Kier molecular flexibility index (Phi) is 6.03. The summed E-state index contributed by atoms with van der Waals surface area (Å²) in [4.78, 5) is 16.5. The number of hydrogen-bond donors (Lipinski definition) is 2. The number of nitrogens with zero attached hydrogens (tertiary/aromatic N) is 1. The third-order valence-electron chi connectivity index (χ3n) is 5.15. The van der Waals surface area contributed by atoms with E-state index < -0.39 is 0 Å². The van der Waals surface area contributed by atoms with E-state index in [1.807, 2.05) is 24.3 Å².